The molecule has 2 aromatic carbocycles. The van der Waals surface area contributed by atoms with Crippen LogP contribution in [0.1, 0.15) is 29.4 Å². The number of fused-ring (bicyclic) bond motifs is 3. The maximum absolute atomic E-state index is 12.8. The SMILES string of the molecule is COc1cc2c(cc1NC(=O)c1cn(C3CCNCC3)nn1)oc1ccccc12.Cl. The van der Waals surface area contributed by atoms with E-state index >= 15 is 0 Å². The summed E-state index contributed by atoms with van der Waals surface area (Å²) < 4.78 is 13.2. The zero-order valence-electron chi connectivity index (χ0n) is 16.4. The van der Waals surface area contributed by atoms with Crippen molar-refractivity contribution in [2.75, 3.05) is 25.5 Å². The number of methoxy groups -OCH3 is 1. The fourth-order valence-corrected chi connectivity index (χ4v) is 3.83. The topological polar surface area (TPSA) is 94.2 Å². The van der Waals surface area contributed by atoms with Gasteiger partial charge in [-0.2, -0.15) is 0 Å². The van der Waals surface area contributed by atoms with Crippen LogP contribution >= 0.6 is 12.4 Å². The molecule has 1 fully saturated rings. The predicted octanol–water partition coefficient (Wildman–Crippen LogP) is 3.78. The molecule has 4 aromatic rings. The third-order valence-electron chi connectivity index (χ3n) is 5.37. The van der Waals surface area contributed by atoms with Gasteiger partial charge in [-0.15, -0.1) is 17.5 Å². The van der Waals surface area contributed by atoms with E-state index < -0.39 is 0 Å². The lowest BCUT2D eigenvalue weighted by Crippen LogP contribution is -2.29. The molecule has 3 heterocycles. The lowest BCUT2D eigenvalue weighted by atomic mass is 10.1. The lowest BCUT2D eigenvalue weighted by Gasteiger charge is -2.22. The van der Waals surface area contributed by atoms with E-state index in [0.29, 0.717) is 17.0 Å². The second-order valence-electron chi connectivity index (χ2n) is 7.17. The number of hydrogen-bond acceptors (Lipinski definition) is 6. The number of aromatic nitrogens is 3. The summed E-state index contributed by atoms with van der Waals surface area (Å²) in [6.45, 7) is 1.89. The van der Waals surface area contributed by atoms with Gasteiger partial charge in [-0.3, -0.25) is 4.79 Å². The third kappa shape index (κ3) is 3.59. The number of anilines is 1. The number of nitrogens with one attached hydrogen (secondary N) is 2. The van der Waals surface area contributed by atoms with E-state index in [1.54, 1.807) is 24.1 Å². The molecule has 1 aliphatic heterocycles. The molecule has 9 heteroatoms. The van der Waals surface area contributed by atoms with Crippen molar-refractivity contribution in [3.63, 3.8) is 0 Å². The lowest BCUT2D eigenvalue weighted by molar-refractivity contribution is 0.102. The van der Waals surface area contributed by atoms with Crippen LogP contribution in [0.15, 0.2) is 47.0 Å². The van der Waals surface area contributed by atoms with Crippen LogP contribution in [0.25, 0.3) is 21.9 Å². The van der Waals surface area contributed by atoms with Gasteiger partial charge in [0.1, 0.15) is 16.9 Å². The number of halogens is 1. The van der Waals surface area contributed by atoms with Gasteiger partial charge in [0, 0.05) is 16.8 Å². The summed E-state index contributed by atoms with van der Waals surface area (Å²) >= 11 is 0. The molecule has 0 saturated carbocycles. The van der Waals surface area contributed by atoms with E-state index in [1.807, 2.05) is 30.3 Å². The first-order chi connectivity index (χ1) is 14.2. The molecule has 5 rings (SSSR count). The largest absolute Gasteiger partial charge is 0.495 e. The molecule has 156 valence electrons. The minimum absolute atomic E-state index is 0. The number of hydrogen-bond donors (Lipinski definition) is 2. The molecule has 1 amide bonds. The highest BCUT2D eigenvalue weighted by Crippen LogP contribution is 2.36. The van der Waals surface area contributed by atoms with Gasteiger partial charge in [-0.25, -0.2) is 4.68 Å². The Morgan fingerprint density at radius 3 is 2.80 bits per heavy atom. The van der Waals surface area contributed by atoms with E-state index in [9.17, 15) is 4.79 Å². The molecule has 30 heavy (non-hydrogen) atoms. The molecule has 0 bridgehead atoms. The summed E-state index contributed by atoms with van der Waals surface area (Å²) in [4.78, 5) is 12.8. The summed E-state index contributed by atoms with van der Waals surface area (Å²) in [5.74, 6) is 0.224. The number of para-hydroxylation sites is 1. The normalized spacial score (nSPS) is 14.6. The predicted molar refractivity (Wildman–Crippen MR) is 117 cm³/mol. The number of rotatable bonds is 4. The molecular weight excluding hydrogens is 406 g/mol. The van der Waals surface area contributed by atoms with Gasteiger partial charge < -0.3 is 19.8 Å². The van der Waals surface area contributed by atoms with Crippen molar-refractivity contribution in [2.24, 2.45) is 0 Å². The molecular formula is C21H22ClN5O3. The molecule has 0 aliphatic carbocycles. The van der Waals surface area contributed by atoms with E-state index in [2.05, 4.69) is 20.9 Å². The monoisotopic (exact) mass is 427 g/mol. The third-order valence-corrected chi connectivity index (χ3v) is 5.37. The number of amides is 1. The van der Waals surface area contributed by atoms with E-state index in [-0.39, 0.29) is 30.0 Å². The fourth-order valence-electron chi connectivity index (χ4n) is 3.83. The summed E-state index contributed by atoms with van der Waals surface area (Å²) in [6.07, 6.45) is 3.65. The molecule has 2 N–H and O–H groups in total. The number of carbonyl (C=O) groups is 1. The maximum Gasteiger partial charge on any atom is 0.277 e. The average molecular weight is 428 g/mol. The number of carbonyl (C=O) groups excluding carboxylic acids is 1. The summed E-state index contributed by atoms with van der Waals surface area (Å²) in [7, 11) is 1.58. The van der Waals surface area contributed by atoms with Gasteiger partial charge in [0.05, 0.1) is 25.0 Å². The zero-order chi connectivity index (χ0) is 19.8. The van der Waals surface area contributed by atoms with Crippen molar-refractivity contribution in [3.05, 3.63) is 48.3 Å². The first-order valence-corrected chi connectivity index (χ1v) is 9.66. The number of nitrogens with zero attached hydrogens (tertiary/aromatic N) is 3. The van der Waals surface area contributed by atoms with Crippen molar-refractivity contribution < 1.29 is 13.9 Å². The summed E-state index contributed by atoms with van der Waals surface area (Å²) in [5.41, 5.74) is 2.27. The highest BCUT2D eigenvalue weighted by atomic mass is 35.5. The van der Waals surface area contributed by atoms with Crippen LogP contribution in [-0.4, -0.2) is 41.1 Å². The van der Waals surface area contributed by atoms with Crippen molar-refractivity contribution >= 4 is 45.9 Å². The van der Waals surface area contributed by atoms with Crippen LogP contribution in [0, 0.1) is 0 Å². The molecule has 0 unspecified atom stereocenters. The van der Waals surface area contributed by atoms with Crippen LogP contribution in [0.3, 0.4) is 0 Å². The minimum atomic E-state index is -0.334. The average Bonchev–Trinajstić information content (AvgIpc) is 3.39. The van der Waals surface area contributed by atoms with Crippen LogP contribution in [0.5, 0.6) is 5.75 Å². The molecule has 1 aliphatic rings. The zero-order valence-corrected chi connectivity index (χ0v) is 17.2. The molecule has 1 saturated heterocycles. The maximum atomic E-state index is 12.8. The second-order valence-corrected chi connectivity index (χ2v) is 7.17. The van der Waals surface area contributed by atoms with E-state index in [4.69, 9.17) is 9.15 Å². The Labute approximate surface area is 179 Å². The molecule has 0 atom stereocenters. The summed E-state index contributed by atoms with van der Waals surface area (Å²) in [6, 6.07) is 11.7. The molecule has 0 radical (unpaired) electrons. The Balaban J connectivity index is 0.00000218. The minimum Gasteiger partial charge on any atom is -0.495 e. The number of ether oxygens (including phenoxy) is 1. The first kappa shape index (κ1) is 20.2. The van der Waals surface area contributed by atoms with Gasteiger partial charge >= 0.3 is 0 Å². The van der Waals surface area contributed by atoms with Gasteiger partial charge in [-0.05, 0) is 38.1 Å². The number of piperidine rings is 1. The molecule has 8 nitrogen and oxygen atoms in total. The summed E-state index contributed by atoms with van der Waals surface area (Å²) in [5, 5.41) is 16.3. The van der Waals surface area contributed by atoms with Crippen molar-refractivity contribution in [2.45, 2.75) is 18.9 Å². The Hall–Kier alpha value is -3.10. The van der Waals surface area contributed by atoms with Crippen molar-refractivity contribution in [3.8, 4) is 5.75 Å². The second kappa shape index (κ2) is 8.33. The smallest absolute Gasteiger partial charge is 0.277 e. The Morgan fingerprint density at radius 2 is 2.00 bits per heavy atom. The van der Waals surface area contributed by atoms with Gasteiger partial charge in [-0.1, -0.05) is 23.4 Å². The van der Waals surface area contributed by atoms with Gasteiger partial charge in [0.15, 0.2) is 5.69 Å². The Kier molecular flexibility index (Phi) is 5.61. The van der Waals surface area contributed by atoms with E-state index in [1.165, 1.54) is 0 Å². The highest BCUT2D eigenvalue weighted by Gasteiger charge is 2.20. The fraction of sp³-hybridized carbons (Fsp3) is 0.286. The van der Waals surface area contributed by atoms with Gasteiger partial charge in [0.25, 0.3) is 5.91 Å². The number of furan rings is 1. The van der Waals surface area contributed by atoms with Crippen molar-refractivity contribution in [1.82, 2.24) is 20.3 Å². The van der Waals surface area contributed by atoms with Crippen LogP contribution in [0.2, 0.25) is 0 Å². The Morgan fingerprint density at radius 1 is 1.20 bits per heavy atom. The first-order valence-electron chi connectivity index (χ1n) is 9.66. The van der Waals surface area contributed by atoms with E-state index in [0.717, 1.165) is 42.3 Å². The van der Waals surface area contributed by atoms with Crippen LogP contribution in [0.4, 0.5) is 5.69 Å². The quantitative estimate of drug-likeness (QED) is 0.514. The molecule has 0 spiro atoms. The van der Waals surface area contributed by atoms with Crippen molar-refractivity contribution in [1.29, 1.82) is 0 Å². The van der Waals surface area contributed by atoms with Gasteiger partial charge in [0.2, 0.25) is 0 Å². The molecule has 2 aromatic heterocycles. The Bertz CT molecular complexity index is 1200. The van der Waals surface area contributed by atoms with Crippen LogP contribution in [-0.2, 0) is 0 Å². The van der Waals surface area contributed by atoms with Crippen LogP contribution < -0.4 is 15.4 Å². The number of benzene rings is 2. The highest BCUT2D eigenvalue weighted by molar-refractivity contribution is 6.09. The standard InChI is InChI=1S/C21H21N5O3.ClH/c1-28-20-10-15-14-4-2-3-5-18(14)29-19(15)11-16(20)23-21(27)17-12-26(25-24-17)13-6-8-22-9-7-13;/h2-5,10-13,22H,6-9H2,1H3,(H,23,27);1H.